The molecule has 2 nitrogen and oxygen atoms in total. The van der Waals surface area contributed by atoms with E-state index in [1.54, 1.807) is 6.07 Å². The Bertz CT molecular complexity index is 495. The molecule has 0 N–H and O–H groups in total. The van der Waals surface area contributed by atoms with Crippen molar-refractivity contribution in [2.24, 2.45) is 0 Å². The van der Waals surface area contributed by atoms with Crippen molar-refractivity contribution in [1.82, 2.24) is 9.97 Å². The minimum atomic E-state index is -0.333. The third kappa shape index (κ3) is 2.67. The Morgan fingerprint density at radius 3 is 1.88 bits per heavy atom. The van der Waals surface area contributed by atoms with Gasteiger partial charge >= 0.3 is 0 Å². The summed E-state index contributed by atoms with van der Waals surface area (Å²) in [6.45, 7) is 6.42. The lowest BCUT2D eigenvalue weighted by Crippen LogP contribution is -2.11. The zero-order valence-corrected chi connectivity index (χ0v) is 10.2. The van der Waals surface area contributed by atoms with Gasteiger partial charge in [0, 0.05) is 6.20 Å². The fraction of sp³-hybridized carbons (Fsp3) is 0.286. The van der Waals surface area contributed by atoms with Crippen molar-refractivity contribution in [2.45, 2.75) is 26.2 Å². The van der Waals surface area contributed by atoms with Gasteiger partial charge < -0.3 is 0 Å². The van der Waals surface area contributed by atoms with Gasteiger partial charge in [-0.05, 0) is 29.2 Å². The highest BCUT2D eigenvalue weighted by atomic mass is 19.1. The van der Waals surface area contributed by atoms with Crippen LogP contribution in [0.2, 0.25) is 0 Å². The second-order valence-electron chi connectivity index (χ2n) is 5.04. The zero-order chi connectivity index (χ0) is 12.5. The Kier molecular flexibility index (Phi) is 2.92. The van der Waals surface area contributed by atoms with Gasteiger partial charge in [-0.2, -0.15) is 0 Å². The second kappa shape index (κ2) is 4.24. The minimum Gasteiger partial charge on any atom is -0.254 e. The Morgan fingerprint density at radius 2 is 1.47 bits per heavy atom. The van der Waals surface area contributed by atoms with Crippen LogP contribution in [0.4, 0.5) is 4.39 Å². The molecule has 0 aliphatic heterocycles. The molecule has 2 aromatic heterocycles. The molecule has 2 heterocycles. The predicted molar refractivity (Wildman–Crippen MR) is 66.1 cm³/mol. The molecule has 0 aliphatic carbocycles. The molecule has 0 saturated carbocycles. The summed E-state index contributed by atoms with van der Waals surface area (Å²) in [6, 6.07) is 6.98. The number of pyridine rings is 2. The van der Waals surface area contributed by atoms with Gasteiger partial charge in [0.25, 0.3) is 0 Å². The molecular formula is C14H15FN2. The average Bonchev–Trinajstić information content (AvgIpc) is 2.29. The van der Waals surface area contributed by atoms with E-state index in [9.17, 15) is 4.39 Å². The smallest absolute Gasteiger partial charge is 0.141 e. The number of hydrogen-bond acceptors (Lipinski definition) is 2. The van der Waals surface area contributed by atoms with Crippen molar-refractivity contribution in [2.75, 3.05) is 0 Å². The van der Waals surface area contributed by atoms with Gasteiger partial charge in [0.1, 0.15) is 5.82 Å². The van der Waals surface area contributed by atoms with Crippen molar-refractivity contribution in [3.8, 4) is 11.4 Å². The lowest BCUT2D eigenvalue weighted by atomic mass is 9.88. The molecule has 0 radical (unpaired) electrons. The Morgan fingerprint density at radius 1 is 0.882 bits per heavy atom. The fourth-order valence-corrected chi connectivity index (χ4v) is 1.52. The maximum Gasteiger partial charge on any atom is 0.141 e. The number of nitrogens with zero attached hydrogens (tertiary/aromatic N) is 2. The third-order valence-electron chi connectivity index (χ3n) is 2.62. The summed E-state index contributed by atoms with van der Waals surface area (Å²) < 4.78 is 12.7. The fourth-order valence-electron chi connectivity index (χ4n) is 1.52. The molecule has 2 aromatic rings. The Hall–Kier alpha value is -1.77. The standard InChI is InChI=1S/C14H15FN2/c1-14(2,3)10-4-6-12(16-8-10)13-7-5-11(15)9-17-13/h4-9H,1-3H3. The van der Waals surface area contributed by atoms with E-state index in [0.29, 0.717) is 5.69 Å². The summed E-state index contributed by atoms with van der Waals surface area (Å²) in [5.41, 5.74) is 2.70. The third-order valence-corrected chi connectivity index (χ3v) is 2.62. The molecule has 0 saturated heterocycles. The molecule has 0 spiro atoms. The molecule has 88 valence electrons. The molecule has 0 fully saturated rings. The molecule has 0 amide bonds. The highest BCUT2D eigenvalue weighted by molar-refractivity contribution is 5.53. The predicted octanol–water partition coefficient (Wildman–Crippen LogP) is 3.58. The van der Waals surface area contributed by atoms with Gasteiger partial charge in [-0.3, -0.25) is 9.97 Å². The highest BCUT2D eigenvalue weighted by Gasteiger charge is 2.13. The monoisotopic (exact) mass is 230 g/mol. The summed E-state index contributed by atoms with van der Waals surface area (Å²) in [5.74, 6) is -0.333. The molecule has 17 heavy (non-hydrogen) atoms. The van der Waals surface area contributed by atoms with Crippen LogP contribution < -0.4 is 0 Å². The van der Waals surface area contributed by atoms with Gasteiger partial charge in [0.15, 0.2) is 0 Å². The van der Waals surface area contributed by atoms with E-state index in [-0.39, 0.29) is 11.2 Å². The van der Waals surface area contributed by atoms with E-state index in [1.807, 2.05) is 18.3 Å². The summed E-state index contributed by atoms with van der Waals surface area (Å²) >= 11 is 0. The van der Waals surface area contributed by atoms with Crippen LogP contribution in [0.25, 0.3) is 11.4 Å². The van der Waals surface area contributed by atoms with E-state index in [2.05, 4.69) is 30.7 Å². The molecule has 3 heteroatoms. The van der Waals surface area contributed by atoms with Crippen molar-refractivity contribution in [3.63, 3.8) is 0 Å². The molecule has 0 aromatic carbocycles. The van der Waals surface area contributed by atoms with Crippen LogP contribution in [0.5, 0.6) is 0 Å². The van der Waals surface area contributed by atoms with Gasteiger partial charge in [-0.25, -0.2) is 4.39 Å². The van der Waals surface area contributed by atoms with E-state index in [1.165, 1.54) is 17.8 Å². The largest absolute Gasteiger partial charge is 0.254 e. The maximum atomic E-state index is 12.7. The van der Waals surface area contributed by atoms with E-state index in [4.69, 9.17) is 0 Å². The molecule has 0 unspecified atom stereocenters. The van der Waals surface area contributed by atoms with Crippen molar-refractivity contribution in [1.29, 1.82) is 0 Å². The first-order chi connectivity index (χ1) is 7.97. The van der Waals surface area contributed by atoms with E-state index < -0.39 is 0 Å². The zero-order valence-electron chi connectivity index (χ0n) is 10.2. The topological polar surface area (TPSA) is 25.8 Å². The van der Waals surface area contributed by atoms with Crippen LogP contribution in [0.15, 0.2) is 36.7 Å². The average molecular weight is 230 g/mol. The van der Waals surface area contributed by atoms with Crippen LogP contribution in [-0.4, -0.2) is 9.97 Å². The molecule has 2 rings (SSSR count). The van der Waals surface area contributed by atoms with E-state index >= 15 is 0 Å². The Balaban J connectivity index is 2.33. The lowest BCUT2D eigenvalue weighted by Gasteiger charge is -2.18. The van der Waals surface area contributed by atoms with Crippen LogP contribution in [0, 0.1) is 5.82 Å². The molecule has 0 aliphatic rings. The molecule has 0 atom stereocenters. The first-order valence-corrected chi connectivity index (χ1v) is 5.55. The molecular weight excluding hydrogens is 215 g/mol. The summed E-state index contributed by atoms with van der Waals surface area (Å²) in [5, 5.41) is 0. The first-order valence-electron chi connectivity index (χ1n) is 5.55. The van der Waals surface area contributed by atoms with Gasteiger partial charge in [0.2, 0.25) is 0 Å². The van der Waals surface area contributed by atoms with Gasteiger partial charge in [0.05, 0.1) is 17.6 Å². The summed E-state index contributed by atoms with van der Waals surface area (Å²) in [7, 11) is 0. The maximum absolute atomic E-state index is 12.7. The highest BCUT2D eigenvalue weighted by Crippen LogP contribution is 2.23. The number of rotatable bonds is 1. The summed E-state index contributed by atoms with van der Waals surface area (Å²) in [6.07, 6.45) is 3.05. The van der Waals surface area contributed by atoms with Crippen LogP contribution in [-0.2, 0) is 5.41 Å². The summed E-state index contributed by atoms with van der Waals surface area (Å²) in [4.78, 5) is 8.36. The second-order valence-corrected chi connectivity index (χ2v) is 5.04. The number of hydrogen-bond donors (Lipinski definition) is 0. The van der Waals surface area contributed by atoms with Crippen molar-refractivity contribution in [3.05, 3.63) is 48.0 Å². The quantitative estimate of drug-likeness (QED) is 0.748. The van der Waals surface area contributed by atoms with Crippen molar-refractivity contribution >= 4 is 0 Å². The van der Waals surface area contributed by atoms with Gasteiger partial charge in [-0.1, -0.05) is 26.8 Å². The molecule has 0 bridgehead atoms. The van der Waals surface area contributed by atoms with Gasteiger partial charge in [-0.15, -0.1) is 0 Å². The normalized spacial score (nSPS) is 11.5. The number of aromatic nitrogens is 2. The first kappa shape index (κ1) is 11.7. The SMILES string of the molecule is CC(C)(C)c1ccc(-c2ccc(F)cn2)nc1. The van der Waals surface area contributed by atoms with E-state index in [0.717, 1.165) is 5.69 Å². The van der Waals surface area contributed by atoms with Crippen LogP contribution >= 0.6 is 0 Å². The van der Waals surface area contributed by atoms with Crippen LogP contribution in [0.1, 0.15) is 26.3 Å². The minimum absolute atomic E-state index is 0.0851. The van der Waals surface area contributed by atoms with Crippen LogP contribution in [0.3, 0.4) is 0 Å². The lowest BCUT2D eigenvalue weighted by molar-refractivity contribution is 0.587. The van der Waals surface area contributed by atoms with Crippen molar-refractivity contribution < 1.29 is 4.39 Å². The Labute approximate surface area is 101 Å². The number of halogens is 1.